The maximum atomic E-state index is 12.0. The Labute approximate surface area is 289 Å². The number of benzene rings is 4. The Morgan fingerprint density at radius 3 is 2.08 bits per heavy atom. The number of carboxylic acid groups (broad SMARTS) is 1. The van der Waals surface area contributed by atoms with Crippen molar-refractivity contribution in [1.29, 1.82) is 0 Å². The predicted octanol–water partition coefficient (Wildman–Crippen LogP) is 7.57. The van der Waals surface area contributed by atoms with Gasteiger partial charge in [-0.2, -0.15) is 0 Å². The third-order valence-electron chi connectivity index (χ3n) is 8.49. The minimum absolute atomic E-state index is 0.0267. The second-order valence-corrected chi connectivity index (χ2v) is 12.9. The van der Waals surface area contributed by atoms with E-state index in [-0.39, 0.29) is 50.0 Å². The molecule has 2 heterocycles. The number of aliphatic hydroxyl groups excluding tert-OH is 1. The highest BCUT2D eigenvalue weighted by Crippen LogP contribution is 2.44. The maximum absolute atomic E-state index is 12.0. The van der Waals surface area contributed by atoms with Crippen LogP contribution in [0.4, 0.5) is 0 Å². The van der Waals surface area contributed by atoms with Gasteiger partial charge >= 0.3 is 5.97 Å². The van der Waals surface area contributed by atoms with E-state index in [1.54, 1.807) is 0 Å². The molecule has 3 N–H and O–H groups in total. The Balaban J connectivity index is 1.21. The number of amides is 1. The van der Waals surface area contributed by atoms with Gasteiger partial charge in [0.2, 0.25) is 5.91 Å². The van der Waals surface area contributed by atoms with Crippen LogP contribution in [-0.4, -0.2) is 38.9 Å². The second-order valence-electron chi connectivity index (χ2n) is 11.9. The largest absolute Gasteiger partial charge is 0.481 e. The molecule has 1 fully saturated rings. The topological polar surface area (TPSA) is 131 Å². The quantitative estimate of drug-likeness (QED) is 0.108. The van der Waals surface area contributed by atoms with E-state index in [4.69, 9.17) is 24.0 Å². The van der Waals surface area contributed by atoms with Gasteiger partial charge in [0.15, 0.2) is 12.1 Å². The summed E-state index contributed by atoms with van der Waals surface area (Å²) in [6.07, 6.45) is -1.44. The third kappa shape index (κ3) is 8.65. The number of rotatable bonds is 13. The molecule has 1 aliphatic heterocycles. The van der Waals surface area contributed by atoms with Gasteiger partial charge in [-0.1, -0.05) is 128 Å². The van der Waals surface area contributed by atoms with Crippen LogP contribution in [0.25, 0.3) is 22.6 Å². The van der Waals surface area contributed by atoms with E-state index in [0.29, 0.717) is 16.7 Å². The highest BCUT2D eigenvalue weighted by Gasteiger charge is 2.38. The Kier molecular flexibility index (Phi) is 11.2. The number of nitrogens with one attached hydrogen (secondary N) is 1. The SMILES string of the molecule is CC1C(CSc2nc(-c3ccccc3)c(-c3ccccc3)o2)OC(c2ccc(CNC(=O)CCC(=O)O)cc2)OC1c1ccc(CO)cc1. The molecule has 6 rings (SSSR count). The van der Waals surface area contributed by atoms with Gasteiger partial charge in [-0.25, -0.2) is 4.98 Å². The molecular formula is C39H38N2O7S. The number of oxazole rings is 1. The van der Waals surface area contributed by atoms with Crippen LogP contribution in [0.1, 0.15) is 54.4 Å². The number of hydrogen-bond donors (Lipinski definition) is 3. The van der Waals surface area contributed by atoms with E-state index in [9.17, 15) is 14.7 Å². The number of hydrogen-bond acceptors (Lipinski definition) is 8. The zero-order chi connectivity index (χ0) is 34.2. The summed E-state index contributed by atoms with van der Waals surface area (Å²) in [6.45, 7) is 2.36. The molecule has 1 aromatic heterocycles. The number of aromatic nitrogens is 1. The van der Waals surface area contributed by atoms with Crippen LogP contribution in [0, 0.1) is 5.92 Å². The van der Waals surface area contributed by atoms with Crippen molar-refractivity contribution in [3.05, 3.63) is 131 Å². The lowest BCUT2D eigenvalue weighted by Crippen LogP contribution is -2.38. The third-order valence-corrected chi connectivity index (χ3v) is 9.41. The second kappa shape index (κ2) is 16.1. The molecule has 4 aromatic carbocycles. The van der Waals surface area contributed by atoms with Gasteiger partial charge in [-0.05, 0) is 16.7 Å². The number of thioether (sulfide) groups is 1. The van der Waals surface area contributed by atoms with Crippen LogP contribution in [-0.2, 0) is 32.2 Å². The monoisotopic (exact) mass is 678 g/mol. The van der Waals surface area contributed by atoms with Crippen molar-refractivity contribution in [2.75, 3.05) is 5.75 Å². The minimum Gasteiger partial charge on any atom is -0.481 e. The first-order chi connectivity index (χ1) is 23.9. The molecule has 252 valence electrons. The summed E-state index contributed by atoms with van der Waals surface area (Å²) < 4.78 is 19.6. The first-order valence-corrected chi connectivity index (χ1v) is 17.2. The first kappa shape index (κ1) is 34.1. The molecule has 5 aromatic rings. The molecule has 49 heavy (non-hydrogen) atoms. The highest BCUT2D eigenvalue weighted by molar-refractivity contribution is 7.99. The Hall–Kier alpha value is -4.74. The molecule has 1 saturated heterocycles. The Morgan fingerprint density at radius 2 is 1.43 bits per heavy atom. The molecule has 9 nitrogen and oxygen atoms in total. The van der Waals surface area contributed by atoms with Gasteiger partial charge < -0.3 is 29.4 Å². The van der Waals surface area contributed by atoms with Crippen molar-refractivity contribution >= 4 is 23.6 Å². The van der Waals surface area contributed by atoms with Crippen LogP contribution in [0.3, 0.4) is 0 Å². The van der Waals surface area contributed by atoms with Crippen molar-refractivity contribution in [3.8, 4) is 22.6 Å². The zero-order valence-corrected chi connectivity index (χ0v) is 27.8. The molecule has 0 spiro atoms. The maximum Gasteiger partial charge on any atom is 0.303 e. The average Bonchev–Trinajstić information content (AvgIpc) is 3.58. The van der Waals surface area contributed by atoms with Crippen molar-refractivity contribution in [2.24, 2.45) is 5.92 Å². The fourth-order valence-corrected chi connectivity index (χ4v) is 6.69. The van der Waals surface area contributed by atoms with Gasteiger partial charge in [-0.15, -0.1) is 0 Å². The molecule has 0 bridgehead atoms. The van der Waals surface area contributed by atoms with Crippen molar-refractivity contribution in [1.82, 2.24) is 10.3 Å². The summed E-state index contributed by atoms with van der Waals surface area (Å²) in [6, 6.07) is 35.4. The fourth-order valence-electron chi connectivity index (χ4n) is 5.70. The van der Waals surface area contributed by atoms with E-state index >= 15 is 0 Å². The summed E-state index contributed by atoms with van der Waals surface area (Å²) in [5, 5.41) is 21.7. The first-order valence-electron chi connectivity index (χ1n) is 16.2. The minimum atomic E-state index is -1.00. The molecule has 0 saturated carbocycles. The number of carbonyl (C=O) groups is 2. The molecule has 1 amide bonds. The van der Waals surface area contributed by atoms with Crippen molar-refractivity contribution in [2.45, 2.75) is 56.6 Å². The number of ether oxygens (including phenoxy) is 2. The number of carbonyl (C=O) groups excluding carboxylic acids is 1. The fraction of sp³-hybridized carbons (Fsp3) is 0.256. The lowest BCUT2D eigenvalue weighted by atomic mass is 9.91. The van der Waals surface area contributed by atoms with Crippen LogP contribution in [0.15, 0.2) is 119 Å². The van der Waals surface area contributed by atoms with E-state index in [1.165, 1.54) is 11.8 Å². The predicted molar refractivity (Wildman–Crippen MR) is 186 cm³/mol. The zero-order valence-electron chi connectivity index (χ0n) is 27.0. The molecule has 1 aliphatic rings. The summed E-state index contributed by atoms with van der Waals surface area (Å²) in [7, 11) is 0. The van der Waals surface area contributed by atoms with Crippen LogP contribution in [0.2, 0.25) is 0 Å². The van der Waals surface area contributed by atoms with Crippen molar-refractivity contribution in [3.63, 3.8) is 0 Å². The summed E-state index contributed by atoms with van der Waals surface area (Å²) >= 11 is 1.50. The molecule has 10 heteroatoms. The van der Waals surface area contributed by atoms with E-state index in [0.717, 1.165) is 39.1 Å². The number of carboxylic acids is 1. The van der Waals surface area contributed by atoms with Gasteiger partial charge in [0, 0.05) is 41.3 Å². The Bertz CT molecular complexity index is 1770. The van der Waals surface area contributed by atoms with E-state index < -0.39 is 12.3 Å². The van der Waals surface area contributed by atoms with Crippen molar-refractivity contribution < 1.29 is 33.7 Å². The van der Waals surface area contributed by atoms with Crippen LogP contribution in [0.5, 0.6) is 0 Å². The Morgan fingerprint density at radius 1 is 0.796 bits per heavy atom. The normalized spacial score (nSPS) is 19.0. The van der Waals surface area contributed by atoms with E-state index in [2.05, 4.69) is 12.2 Å². The lowest BCUT2D eigenvalue weighted by Gasteiger charge is -2.41. The molecule has 4 unspecified atom stereocenters. The molecular weight excluding hydrogens is 641 g/mol. The van der Waals surface area contributed by atoms with Gasteiger partial charge in [0.05, 0.1) is 25.2 Å². The molecule has 0 aliphatic carbocycles. The number of aliphatic carboxylic acids is 1. The van der Waals surface area contributed by atoms with Crippen LogP contribution >= 0.6 is 11.8 Å². The number of aliphatic hydroxyl groups is 1. The van der Waals surface area contributed by atoms with E-state index in [1.807, 2.05) is 109 Å². The molecule has 4 atom stereocenters. The van der Waals surface area contributed by atoms with Gasteiger partial charge in [0.1, 0.15) is 5.69 Å². The van der Waals surface area contributed by atoms with Gasteiger partial charge in [-0.3, -0.25) is 9.59 Å². The summed E-state index contributed by atoms with van der Waals surface area (Å²) in [5.41, 5.74) is 6.22. The lowest BCUT2D eigenvalue weighted by molar-refractivity contribution is -0.268. The summed E-state index contributed by atoms with van der Waals surface area (Å²) in [5.74, 6) is -0.0627. The van der Waals surface area contributed by atoms with Crippen LogP contribution < -0.4 is 5.32 Å². The van der Waals surface area contributed by atoms with Gasteiger partial charge in [0.25, 0.3) is 5.22 Å². The average molecular weight is 679 g/mol. The standard InChI is InChI=1S/C39H38N2O7S/c1-25-32(24-49-39-41-35(28-8-4-2-5-9-28)37(48-39)29-10-6-3-7-11-29)46-38(47-36(25)30-16-14-27(23-42)15-17-30)31-18-12-26(13-19-31)22-40-33(43)20-21-34(44)45/h2-19,25,32,36,38,42H,20-24H2,1H3,(H,40,43)(H,44,45). The highest BCUT2D eigenvalue weighted by atomic mass is 32.2. The summed E-state index contributed by atoms with van der Waals surface area (Å²) in [4.78, 5) is 27.7. The smallest absolute Gasteiger partial charge is 0.303 e. The number of nitrogens with zero attached hydrogens (tertiary/aromatic N) is 1. The molecule has 0 radical (unpaired) electrons.